The summed E-state index contributed by atoms with van der Waals surface area (Å²) in [5, 5.41) is 3.14. The van der Waals surface area contributed by atoms with Gasteiger partial charge in [-0.2, -0.15) is 0 Å². The van der Waals surface area contributed by atoms with Crippen molar-refractivity contribution in [3.63, 3.8) is 0 Å². The molecule has 6 nitrogen and oxygen atoms in total. The van der Waals surface area contributed by atoms with Gasteiger partial charge in [0.2, 0.25) is 0 Å². The first-order valence-corrected chi connectivity index (χ1v) is 11.6. The second-order valence-electron chi connectivity index (χ2n) is 8.77. The zero-order valence-corrected chi connectivity index (χ0v) is 18.9. The fraction of sp³-hybridized carbons (Fsp3) is 0.259. The Balaban J connectivity index is 1.09. The van der Waals surface area contributed by atoms with E-state index >= 15 is 0 Å². The van der Waals surface area contributed by atoms with Crippen LogP contribution in [0.25, 0.3) is 0 Å². The molecule has 3 aromatic carbocycles. The molecule has 34 heavy (non-hydrogen) atoms. The number of hydrogen-bond acceptors (Lipinski definition) is 4. The van der Waals surface area contributed by atoms with Gasteiger partial charge in [-0.25, -0.2) is 4.39 Å². The highest BCUT2D eigenvalue weighted by Gasteiger charge is 2.36. The molecule has 0 bridgehead atoms. The number of piperazine rings is 1. The van der Waals surface area contributed by atoms with Gasteiger partial charge in [-0.05, 0) is 54.6 Å². The van der Waals surface area contributed by atoms with E-state index in [0.29, 0.717) is 43.5 Å². The smallest absolute Gasteiger partial charge is 0.253 e. The Morgan fingerprint density at radius 3 is 2.03 bits per heavy atom. The molecule has 3 aromatic rings. The van der Waals surface area contributed by atoms with Crippen LogP contribution in [-0.4, -0.2) is 71.8 Å². The molecule has 2 aliphatic rings. The molecule has 7 heteroatoms. The Hall–Kier alpha value is -3.71. The van der Waals surface area contributed by atoms with E-state index < -0.39 is 0 Å². The Labute approximate surface area is 198 Å². The maximum atomic E-state index is 13.4. The summed E-state index contributed by atoms with van der Waals surface area (Å²) in [6.45, 7) is 4.47. The van der Waals surface area contributed by atoms with Crippen molar-refractivity contribution in [2.24, 2.45) is 0 Å². The summed E-state index contributed by atoms with van der Waals surface area (Å²) in [7, 11) is 0. The molecular formula is C27H27FN4O2. The standard InChI is InChI=1S/C27H27FN4O2/c28-22-7-4-8-24(17-22)29-23-11-9-21(10-12-23)27(34)32-18-25(19-32)30-13-15-31(16-14-30)26(33)20-5-2-1-3-6-20/h1-12,17,25,29H,13-16,18-19H2. The third kappa shape index (κ3) is 4.79. The van der Waals surface area contributed by atoms with Gasteiger partial charge < -0.3 is 15.1 Å². The molecule has 0 saturated carbocycles. The Morgan fingerprint density at radius 2 is 1.35 bits per heavy atom. The van der Waals surface area contributed by atoms with E-state index in [4.69, 9.17) is 0 Å². The topological polar surface area (TPSA) is 55.9 Å². The molecule has 5 rings (SSSR count). The van der Waals surface area contributed by atoms with E-state index in [1.807, 2.05) is 52.3 Å². The van der Waals surface area contributed by atoms with Gasteiger partial charge in [-0.15, -0.1) is 0 Å². The number of nitrogens with zero attached hydrogens (tertiary/aromatic N) is 3. The average Bonchev–Trinajstić information content (AvgIpc) is 2.84. The number of amides is 2. The van der Waals surface area contributed by atoms with E-state index in [0.717, 1.165) is 24.3 Å². The van der Waals surface area contributed by atoms with Gasteiger partial charge in [-0.1, -0.05) is 24.3 Å². The van der Waals surface area contributed by atoms with Gasteiger partial charge in [0, 0.05) is 67.8 Å². The predicted octanol–water partition coefficient (Wildman–Crippen LogP) is 3.85. The quantitative estimate of drug-likeness (QED) is 0.631. The lowest BCUT2D eigenvalue weighted by Gasteiger charge is -2.48. The molecule has 2 saturated heterocycles. The minimum absolute atomic E-state index is 0.0199. The summed E-state index contributed by atoms with van der Waals surface area (Å²) in [4.78, 5) is 31.6. The van der Waals surface area contributed by atoms with Gasteiger partial charge in [-0.3, -0.25) is 14.5 Å². The summed E-state index contributed by atoms with van der Waals surface area (Å²) in [6.07, 6.45) is 0. The molecule has 2 aliphatic heterocycles. The highest BCUT2D eigenvalue weighted by atomic mass is 19.1. The van der Waals surface area contributed by atoms with Crippen molar-refractivity contribution in [1.82, 2.24) is 14.7 Å². The second kappa shape index (κ2) is 9.65. The zero-order chi connectivity index (χ0) is 23.5. The molecular weight excluding hydrogens is 431 g/mol. The van der Waals surface area contributed by atoms with Crippen LogP contribution in [0.2, 0.25) is 0 Å². The molecule has 2 amide bonds. The first-order chi connectivity index (χ1) is 16.6. The van der Waals surface area contributed by atoms with Crippen molar-refractivity contribution in [3.05, 3.63) is 95.8 Å². The van der Waals surface area contributed by atoms with Gasteiger partial charge in [0.25, 0.3) is 11.8 Å². The van der Waals surface area contributed by atoms with Crippen molar-refractivity contribution in [2.45, 2.75) is 6.04 Å². The molecule has 2 heterocycles. The van der Waals surface area contributed by atoms with Crippen LogP contribution in [0, 0.1) is 5.82 Å². The fourth-order valence-electron chi connectivity index (χ4n) is 4.52. The van der Waals surface area contributed by atoms with Crippen LogP contribution in [0.1, 0.15) is 20.7 Å². The maximum absolute atomic E-state index is 13.4. The normalized spacial score (nSPS) is 16.7. The monoisotopic (exact) mass is 458 g/mol. The Bertz CT molecular complexity index is 1150. The number of hydrogen-bond donors (Lipinski definition) is 1. The number of halogens is 1. The summed E-state index contributed by atoms with van der Waals surface area (Å²) >= 11 is 0. The zero-order valence-electron chi connectivity index (χ0n) is 18.9. The lowest BCUT2D eigenvalue weighted by Crippen LogP contribution is -2.64. The Morgan fingerprint density at radius 1 is 0.706 bits per heavy atom. The maximum Gasteiger partial charge on any atom is 0.253 e. The van der Waals surface area contributed by atoms with Gasteiger partial charge in [0.15, 0.2) is 0 Å². The number of likely N-dealkylation sites (tertiary alicyclic amines) is 1. The third-order valence-electron chi connectivity index (χ3n) is 6.53. The van der Waals surface area contributed by atoms with Crippen molar-refractivity contribution >= 4 is 23.2 Å². The predicted molar refractivity (Wildman–Crippen MR) is 130 cm³/mol. The van der Waals surface area contributed by atoms with E-state index in [-0.39, 0.29) is 17.6 Å². The minimum atomic E-state index is -0.298. The molecule has 1 N–H and O–H groups in total. The second-order valence-corrected chi connectivity index (χ2v) is 8.77. The van der Waals surface area contributed by atoms with Crippen LogP contribution in [0.15, 0.2) is 78.9 Å². The molecule has 0 aliphatic carbocycles. The molecule has 0 spiro atoms. The molecule has 0 aromatic heterocycles. The molecule has 2 fully saturated rings. The van der Waals surface area contributed by atoms with E-state index in [1.165, 1.54) is 12.1 Å². The number of benzene rings is 3. The van der Waals surface area contributed by atoms with Crippen LogP contribution >= 0.6 is 0 Å². The number of carbonyl (C=O) groups is 2. The SMILES string of the molecule is O=C(c1ccccc1)N1CCN(C2CN(C(=O)c3ccc(Nc4cccc(F)c4)cc3)C2)CC1. The molecule has 174 valence electrons. The molecule has 0 atom stereocenters. The lowest BCUT2D eigenvalue weighted by atomic mass is 10.0. The first kappa shape index (κ1) is 22.1. The summed E-state index contributed by atoms with van der Waals surface area (Å²) in [5.74, 6) is -0.194. The number of carbonyl (C=O) groups excluding carboxylic acids is 2. The van der Waals surface area contributed by atoms with Gasteiger partial charge in [0.05, 0.1) is 0 Å². The third-order valence-corrected chi connectivity index (χ3v) is 6.53. The van der Waals surface area contributed by atoms with Crippen molar-refractivity contribution in [1.29, 1.82) is 0 Å². The first-order valence-electron chi connectivity index (χ1n) is 11.6. The van der Waals surface area contributed by atoms with Crippen LogP contribution < -0.4 is 5.32 Å². The van der Waals surface area contributed by atoms with E-state index in [2.05, 4.69) is 10.2 Å². The highest BCUT2D eigenvalue weighted by molar-refractivity contribution is 5.95. The van der Waals surface area contributed by atoms with Crippen molar-refractivity contribution in [3.8, 4) is 0 Å². The fourth-order valence-corrected chi connectivity index (χ4v) is 4.52. The summed E-state index contributed by atoms with van der Waals surface area (Å²) < 4.78 is 13.4. The highest BCUT2D eigenvalue weighted by Crippen LogP contribution is 2.22. The number of anilines is 2. The average molecular weight is 459 g/mol. The number of nitrogens with one attached hydrogen (secondary N) is 1. The number of rotatable bonds is 5. The van der Waals surface area contributed by atoms with Crippen LogP contribution in [0.5, 0.6) is 0 Å². The van der Waals surface area contributed by atoms with Gasteiger partial charge in [0.1, 0.15) is 5.82 Å². The molecule has 0 radical (unpaired) electrons. The minimum Gasteiger partial charge on any atom is -0.355 e. The van der Waals surface area contributed by atoms with Crippen molar-refractivity contribution < 1.29 is 14.0 Å². The lowest BCUT2D eigenvalue weighted by molar-refractivity contribution is 0.00854. The van der Waals surface area contributed by atoms with Crippen molar-refractivity contribution in [2.75, 3.05) is 44.6 Å². The molecule has 0 unspecified atom stereocenters. The Kier molecular flexibility index (Phi) is 6.27. The van der Waals surface area contributed by atoms with E-state index in [9.17, 15) is 14.0 Å². The summed E-state index contributed by atoms with van der Waals surface area (Å²) in [6, 6.07) is 23.3. The van der Waals surface area contributed by atoms with Crippen LogP contribution in [0.3, 0.4) is 0 Å². The van der Waals surface area contributed by atoms with E-state index in [1.54, 1.807) is 24.3 Å². The van der Waals surface area contributed by atoms with Crippen LogP contribution in [-0.2, 0) is 0 Å². The van der Waals surface area contributed by atoms with Crippen LogP contribution in [0.4, 0.5) is 15.8 Å². The largest absolute Gasteiger partial charge is 0.355 e. The van der Waals surface area contributed by atoms with Gasteiger partial charge >= 0.3 is 0 Å². The summed E-state index contributed by atoms with van der Waals surface area (Å²) in [5.41, 5.74) is 2.83.